The molecule has 0 aliphatic rings. The first-order chi connectivity index (χ1) is 10.8. The summed E-state index contributed by atoms with van der Waals surface area (Å²) in [4.78, 5) is 0. The summed E-state index contributed by atoms with van der Waals surface area (Å²) in [7, 11) is 0.198. The van der Waals surface area contributed by atoms with Crippen LogP contribution in [0.3, 0.4) is 0 Å². The van der Waals surface area contributed by atoms with E-state index in [-0.39, 0.29) is 7.92 Å². The molecule has 0 N–H and O–H groups in total. The molecule has 0 bridgehead atoms. The molecule has 0 heterocycles. The molecule has 0 aliphatic carbocycles. The first kappa shape index (κ1) is 22.2. The number of allylic oxidation sites excluding steroid dienone is 1. The lowest BCUT2D eigenvalue weighted by Crippen LogP contribution is -1.91. The lowest BCUT2D eigenvalue weighted by molar-refractivity contribution is 0.622. The monoisotopic (exact) mass is 326 g/mol. The fraction of sp³-hybridized carbons (Fsp3) is 0.905. The second kappa shape index (κ2) is 19.2. The molecule has 0 saturated heterocycles. The first-order valence-corrected chi connectivity index (χ1v) is 12.0. The zero-order valence-electron chi connectivity index (χ0n) is 15.9. The lowest BCUT2D eigenvalue weighted by atomic mass is 10.1. The van der Waals surface area contributed by atoms with Crippen LogP contribution >= 0.6 is 7.92 Å². The van der Waals surface area contributed by atoms with Gasteiger partial charge in [-0.15, -0.1) is 0 Å². The minimum absolute atomic E-state index is 0.198. The van der Waals surface area contributed by atoms with E-state index in [0.29, 0.717) is 0 Å². The molecule has 0 aromatic rings. The molecule has 0 fully saturated rings. The van der Waals surface area contributed by atoms with Crippen LogP contribution in [0.15, 0.2) is 11.9 Å². The van der Waals surface area contributed by atoms with Crippen LogP contribution in [0.25, 0.3) is 0 Å². The Kier molecular flexibility index (Phi) is 19.4. The maximum absolute atomic E-state index is 2.61. The van der Waals surface area contributed by atoms with Crippen LogP contribution in [-0.4, -0.2) is 12.3 Å². The molecule has 0 saturated carbocycles. The standard InChI is InChI=1S/C21H43P/c1-4-7-10-12-14-17-20-22(19-16-9-6-3)21-18-15-13-11-8-5-2/h16,19H,4-15,17-18,20-21H2,1-3H3. The molecule has 0 radical (unpaired) electrons. The Morgan fingerprint density at radius 1 is 0.545 bits per heavy atom. The van der Waals surface area contributed by atoms with E-state index in [1.54, 1.807) is 0 Å². The van der Waals surface area contributed by atoms with Crippen LogP contribution in [0, 0.1) is 0 Å². The number of unbranched alkanes of at least 4 members (excludes halogenated alkanes) is 11. The Balaban J connectivity index is 3.74. The quantitative estimate of drug-likeness (QED) is 0.186. The van der Waals surface area contributed by atoms with E-state index < -0.39 is 0 Å². The van der Waals surface area contributed by atoms with Crippen LogP contribution in [-0.2, 0) is 0 Å². The molecule has 1 heteroatoms. The van der Waals surface area contributed by atoms with Crippen LogP contribution < -0.4 is 0 Å². The van der Waals surface area contributed by atoms with Crippen molar-refractivity contribution in [1.82, 2.24) is 0 Å². The molecule has 0 unspecified atom stereocenters. The van der Waals surface area contributed by atoms with Crippen LogP contribution in [0.4, 0.5) is 0 Å². The zero-order valence-corrected chi connectivity index (χ0v) is 16.8. The minimum Gasteiger partial charge on any atom is -0.0841 e. The Morgan fingerprint density at radius 2 is 1.00 bits per heavy atom. The fourth-order valence-corrected chi connectivity index (χ4v) is 5.07. The van der Waals surface area contributed by atoms with Crippen molar-refractivity contribution in [3.8, 4) is 0 Å². The van der Waals surface area contributed by atoms with Crippen molar-refractivity contribution < 1.29 is 0 Å². The van der Waals surface area contributed by atoms with Gasteiger partial charge in [0.25, 0.3) is 0 Å². The van der Waals surface area contributed by atoms with Crippen molar-refractivity contribution in [3.63, 3.8) is 0 Å². The third-order valence-corrected chi connectivity index (χ3v) is 6.78. The Labute approximate surface area is 143 Å². The summed E-state index contributed by atoms with van der Waals surface area (Å²) in [6.45, 7) is 6.89. The normalized spacial score (nSPS) is 11.8. The molecule has 0 spiro atoms. The summed E-state index contributed by atoms with van der Waals surface area (Å²) in [5.41, 5.74) is 0. The smallest absolute Gasteiger partial charge is 0.0291 e. The Hall–Kier alpha value is 0.170. The van der Waals surface area contributed by atoms with E-state index in [1.807, 2.05) is 0 Å². The van der Waals surface area contributed by atoms with E-state index in [2.05, 4.69) is 32.7 Å². The van der Waals surface area contributed by atoms with Gasteiger partial charge in [0.15, 0.2) is 0 Å². The van der Waals surface area contributed by atoms with Crippen LogP contribution in [0.1, 0.15) is 111 Å². The van der Waals surface area contributed by atoms with Gasteiger partial charge < -0.3 is 0 Å². The van der Waals surface area contributed by atoms with Gasteiger partial charge in [-0.2, -0.15) is 0 Å². The number of hydrogen-bond donors (Lipinski definition) is 0. The molecule has 0 amide bonds. The van der Waals surface area contributed by atoms with Crippen LogP contribution in [0.2, 0.25) is 0 Å². The van der Waals surface area contributed by atoms with Gasteiger partial charge in [0, 0.05) is 0 Å². The highest BCUT2D eigenvalue weighted by Gasteiger charge is 2.04. The first-order valence-electron chi connectivity index (χ1n) is 10.3. The van der Waals surface area contributed by atoms with Crippen molar-refractivity contribution in [2.45, 2.75) is 111 Å². The summed E-state index contributed by atoms with van der Waals surface area (Å²) in [6.07, 6.45) is 25.4. The molecule has 0 aromatic heterocycles. The summed E-state index contributed by atoms with van der Waals surface area (Å²) in [5.74, 6) is 2.61. The summed E-state index contributed by atoms with van der Waals surface area (Å²) in [6, 6.07) is 0. The SMILES string of the molecule is CCCC=CP(CCCCCCCC)CCCCCCCC. The summed E-state index contributed by atoms with van der Waals surface area (Å²) in [5, 5.41) is 0. The third kappa shape index (κ3) is 16.5. The topological polar surface area (TPSA) is 0 Å². The predicted molar refractivity (Wildman–Crippen MR) is 107 cm³/mol. The molecule has 0 aromatic carbocycles. The van der Waals surface area contributed by atoms with Gasteiger partial charge in [-0.1, -0.05) is 111 Å². The highest BCUT2D eigenvalue weighted by molar-refractivity contribution is 7.60. The molecular weight excluding hydrogens is 283 g/mol. The van der Waals surface area contributed by atoms with Gasteiger partial charge in [-0.05, 0) is 31.6 Å². The Morgan fingerprint density at radius 3 is 1.45 bits per heavy atom. The van der Waals surface area contributed by atoms with Gasteiger partial charge in [0.1, 0.15) is 0 Å². The van der Waals surface area contributed by atoms with E-state index >= 15 is 0 Å². The number of rotatable bonds is 17. The highest BCUT2D eigenvalue weighted by Crippen LogP contribution is 2.40. The minimum atomic E-state index is 0.198. The van der Waals surface area contributed by atoms with E-state index in [0.717, 1.165) is 0 Å². The van der Waals surface area contributed by atoms with E-state index in [4.69, 9.17) is 0 Å². The van der Waals surface area contributed by atoms with Crippen molar-refractivity contribution in [3.05, 3.63) is 11.9 Å². The molecule has 132 valence electrons. The molecule has 22 heavy (non-hydrogen) atoms. The maximum atomic E-state index is 2.61. The summed E-state index contributed by atoms with van der Waals surface area (Å²) >= 11 is 0. The second-order valence-electron chi connectivity index (χ2n) is 6.74. The zero-order chi connectivity index (χ0) is 16.3. The van der Waals surface area contributed by atoms with Gasteiger partial charge in [-0.25, -0.2) is 0 Å². The van der Waals surface area contributed by atoms with Gasteiger partial charge >= 0.3 is 0 Å². The van der Waals surface area contributed by atoms with Crippen molar-refractivity contribution in [1.29, 1.82) is 0 Å². The van der Waals surface area contributed by atoms with Gasteiger partial charge in [-0.3, -0.25) is 0 Å². The van der Waals surface area contributed by atoms with Crippen molar-refractivity contribution >= 4 is 7.92 Å². The second-order valence-corrected chi connectivity index (χ2v) is 9.12. The lowest BCUT2D eigenvalue weighted by Gasteiger charge is -2.13. The third-order valence-electron chi connectivity index (χ3n) is 4.37. The van der Waals surface area contributed by atoms with E-state index in [9.17, 15) is 0 Å². The molecule has 0 nitrogen and oxygen atoms in total. The predicted octanol–water partition coefficient (Wildman–Crippen LogP) is 8.50. The number of hydrogen-bond acceptors (Lipinski definition) is 0. The largest absolute Gasteiger partial charge is 0.0841 e. The van der Waals surface area contributed by atoms with Crippen molar-refractivity contribution in [2.24, 2.45) is 0 Å². The van der Waals surface area contributed by atoms with Gasteiger partial charge in [0.2, 0.25) is 0 Å². The van der Waals surface area contributed by atoms with Crippen molar-refractivity contribution in [2.75, 3.05) is 12.3 Å². The molecule has 0 rings (SSSR count). The maximum Gasteiger partial charge on any atom is -0.0291 e. The fourth-order valence-electron chi connectivity index (χ4n) is 2.84. The average Bonchev–Trinajstić information content (AvgIpc) is 2.53. The Bertz CT molecular complexity index is 206. The molecular formula is C21H43P. The average molecular weight is 327 g/mol. The highest BCUT2D eigenvalue weighted by atomic mass is 31.1. The van der Waals surface area contributed by atoms with Gasteiger partial charge in [0.05, 0.1) is 0 Å². The summed E-state index contributed by atoms with van der Waals surface area (Å²) < 4.78 is 0. The molecule has 0 atom stereocenters. The molecule has 0 aliphatic heterocycles. The van der Waals surface area contributed by atoms with Crippen LogP contribution in [0.5, 0.6) is 0 Å². The van der Waals surface area contributed by atoms with E-state index in [1.165, 1.54) is 102 Å².